The number of hydrogen-bond donors (Lipinski definition) is 2. The number of benzene rings is 2. The molecule has 4 rings (SSSR count). The zero-order chi connectivity index (χ0) is 21.1. The van der Waals surface area contributed by atoms with Crippen LogP contribution in [0, 0.1) is 0 Å². The predicted octanol–water partition coefficient (Wildman–Crippen LogP) is 3.87. The molecule has 0 bridgehead atoms. The van der Waals surface area contributed by atoms with E-state index in [0.29, 0.717) is 28.0 Å². The number of hydrogen-bond acceptors (Lipinski definition) is 7. The van der Waals surface area contributed by atoms with Gasteiger partial charge in [0, 0.05) is 23.2 Å². The van der Waals surface area contributed by atoms with Crippen LogP contribution in [0.3, 0.4) is 0 Å². The van der Waals surface area contributed by atoms with E-state index in [1.54, 1.807) is 27.4 Å². The van der Waals surface area contributed by atoms with E-state index in [-0.39, 0.29) is 11.7 Å². The van der Waals surface area contributed by atoms with Crippen LogP contribution in [0.1, 0.15) is 0 Å². The van der Waals surface area contributed by atoms with Gasteiger partial charge in [0.15, 0.2) is 11.5 Å². The zero-order valence-electron chi connectivity index (χ0n) is 16.7. The summed E-state index contributed by atoms with van der Waals surface area (Å²) in [4.78, 5) is 24.5. The van der Waals surface area contributed by atoms with Gasteiger partial charge >= 0.3 is 0 Å². The molecular formula is C21H20N4O4S. The summed E-state index contributed by atoms with van der Waals surface area (Å²) < 4.78 is 16.0. The number of nitrogens with zero attached hydrogens (tertiary/aromatic N) is 2. The topological polar surface area (TPSA) is 98.4 Å². The summed E-state index contributed by atoms with van der Waals surface area (Å²) in [5.74, 6) is 1.99. The second kappa shape index (κ2) is 8.50. The molecule has 0 spiro atoms. The molecule has 2 aromatic heterocycles. The molecule has 0 fully saturated rings. The molecule has 154 valence electrons. The SMILES string of the molecule is COc1cccc(NC(=O)CSc2ncnc3c2[nH]c2cc(OC)c(OC)cc23)c1. The van der Waals surface area contributed by atoms with Crippen molar-refractivity contribution in [3.63, 3.8) is 0 Å². The second-order valence-electron chi connectivity index (χ2n) is 6.35. The van der Waals surface area contributed by atoms with Crippen LogP contribution in [-0.2, 0) is 4.79 Å². The van der Waals surface area contributed by atoms with Gasteiger partial charge in [-0.05, 0) is 18.2 Å². The van der Waals surface area contributed by atoms with E-state index >= 15 is 0 Å². The van der Waals surface area contributed by atoms with E-state index in [1.807, 2.05) is 30.3 Å². The normalized spacial score (nSPS) is 10.9. The number of rotatable bonds is 7. The number of carbonyl (C=O) groups is 1. The maximum absolute atomic E-state index is 12.4. The molecule has 0 saturated heterocycles. The molecule has 0 saturated carbocycles. The van der Waals surface area contributed by atoms with Crippen molar-refractivity contribution in [2.45, 2.75) is 5.03 Å². The lowest BCUT2D eigenvalue weighted by Crippen LogP contribution is -2.14. The van der Waals surface area contributed by atoms with Gasteiger partial charge in [0.1, 0.15) is 22.6 Å². The van der Waals surface area contributed by atoms with E-state index in [1.165, 1.54) is 18.1 Å². The van der Waals surface area contributed by atoms with E-state index < -0.39 is 0 Å². The van der Waals surface area contributed by atoms with Crippen molar-refractivity contribution >= 4 is 45.3 Å². The van der Waals surface area contributed by atoms with E-state index in [4.69, 9.17) is 14.2 Å². The number of methoxy groups -OCH3 is 3. The smallest absolute Gasteiger partial charge is 0.234 e. The van der Waals surface area contributed by atoms with Gasteiger partial charge in [0.25, 0.3) is 0 Å². The van der Waals surface area contributed by atoms with Crippen LogP contribution >= 0.6 is 11.8 Å². The summed E-state index contributed by atoms with van der Waals surface area (Å²) in [6.07, 6.45) is 1.49. The van der Waals surface area contributed by atoms with E-state index in [2.05, 4.69) is 20.3 Å². The zero-order valence-corrected chi connectivity index (χ0v) is 17.5. The monoisotopic (exact) mass is 424 g/mol. The van der Waals surface area contributed by atoms with Gasteiger partial charge in [-0.3, -0.25) is 4.79 Å². The first-order chi connectivity index (χ1) is 14.6. The van der Waals surface area contributed by atoms with Crippen LogP contribution in [0.25, 0.3) is 21.9 Å². The van der Waals surface area contributed by atoms with Crippen molar-refractivity contribution in [1.82, 2.24) is 15.0 Å². The number of aromatic amines is 1. The average molecular weight is 424 g/mol. The van der Waals surface area contributed by atoms with Crippen LogP contribution in [-0.4, -0.2) is 47.9 Å². The van der Waals surface area contributed by atoms with Crippen molar-refractivity contribution in [3.05, 3.63) is 42.7 Å². The Balaban J connectivity index is 1.57. The summed E-state index contributed by atoms with van der Waals surface area (Å²) in [5.41, 5.74) is 3.06. The molecule has 30 heavy (non-hydrogen) atoms. The molecule has 0 aliphatic heterocycles. The van der Waals surface area contributed by atoms with Gasteiger partial charge in [-0.15, -0.1) is 0 Å². The van der Waals surface area contributed by atoms with Crippen LogP contribution in [0.5, 0.6) is 17.2 Å². The number of nitrogens with one attached hydrogen (secondary N) is 2. The molecule has 0 unspecified atom stereocenters. The summed E-state index contributed by atoms with van der Waals surface area (Å²) in [5, 5.41) is 4.45. The van der Waals surface area contributed by atoms with Crippen molar-refractivity contribution in [3.8, 4) is 17.2 Å². The van der Waals surface area contributed by atoms with Crippen molar-refractivity contribution in [2.75, 3.05) is 32.4 Å². The molecule has 0 aliphatic carbocycles. The molecule has 9 heteroatoms. The van der Waals surface area contributed by atoms with Crippen molar-refractivity contribution in [2.24, 2.45) is 0 Å². The number of anilines is 1. The van der Waals surface area contributed by atoms with Crippen LogP contribution in [0.2, 0.25) is 0 Å². The fourth-order valence-corrected chi connectivity index (χ4v) is 3.89. The highest BCUT2D eigenvalue weighted by atomic mass is 32.2. The third-order valence-electron chi connectivity index (χ3n) is 4.54. The maximum atomic E-state index is 12.4. The number of carbonyl (C=O) groups excluding carboxylic acids is 1. The highest BCUT2D eigenvalue weighted by molar-refractivity contribution is 8.00. The Bertz CT molecular complexity index is 1220. The number of fused-ring (bicyclic) bond motifs is 3. The van der Waals surface area contributed by atoms with Gasteiger partial charge in [-0.1, -0.05) is 17.8 Å². The fourth-order valence-electron chi connectivity index (χ4n) is 3.14. The third-order valence-corrected chi connectivity index (χ3v) is 5.53. The molecule has 2 heterocycles. The molecule has 0 atom stereocenters. The first-order valence-electron chi connectivity index (χ1n) is 9.08. The lowest BCUT2D eigenvalue weighted by molar-refractivity contribution is -0.113. The lowest BCUT2D eigenvalue weighted by atomic mass is 10.2. The van der Waals surface area contributed by atoms with Gasteiger partial charge in [-0.25, -0.2) is 9.97 Å². The highest BCUT2D eigenvalue weighted by Crippen LogP contribution is 2.36. The van der Waals surface area contributed by atoms with Gasteiger partial charge in [-0.2, -0.15) is 0 Å². The van der Waals surface area contributed by atoms with Crippen LogP contribution < -0.4 is 19.5 Å². The van der Waals surface area contributed by atoms with Crippen LogP contribution in [0.4, 0.5) is 5.69 Å². The maximum Gasteiger partial charge on any atom is 0.234 e. The Morgan fingerprint density at radius 3 is 2.63 bits per heavy atom. The Labute approximate surface area is 177 Å². The minimum Gasteiger partial charge on any atom is -0.497 e. The number of ether oxygens (including phenoxy) is 3. The van der Waals surface area contributed by atoms with Gasteiger partial charge in [0.2, 0.25) is 5.91 Å². The van der Waals surface area contributed by atoms with E-state index in [9.17, 15) is 4.79 Å². The third kappa shape index (κ3) is 3.84. The minimum absolute atomic E-state index is 0.139. The summed E-state index contributed by atoms with van der Waals surface area (Å²) in [7, 11) is 4.77. The van der Waals surface area contributed by atoms with E-state index in [0.717, 1.165) is 21.9 Å². The summed E-state index contributed by atoms with van der Waals surface area (Å²) in [6, 6.07) is 11.0. The first kappa shape index (κ1) is 19.8. The molecule has 0 aliphatic rings. The fraction of sp³-hybridized carbons (Fsp3) is 0.190. The number of aromatic nitrogens is 3. The first-order valence-corrected chi connectivity index (χ1v) is 10.1. The largest absolute Gasteiger partial charge is 0.497 e. The quantitative estimate of drug-likeness (QED) is 0.343. The standard InChI is InChI=1S/C21H20N4O4S/c1-27-13-6-4-5-12(7-13)24-18(26)10-30-21-20-19(22-11-23-21)14-8-16(28-2)17(29-3)9-15(14)25-20/h4-9,11,25H,10H2,1-3H3,(H,24,26). The molecule has 2 aromatic carbocycles. The minimum atomic E-state index is -0.139. The lowest BCUT2D eigenvalue weighted by Gasteiger charge is -2.07. The summed E-state index contributed by atoms with van der Waals surface area (Å²) >= 11 is 1.33. The van der Waals surface area contributed by atoms with Crippen molar-refractivity contribution < 1.29 is 19.0 Å². The Hall–Kier alpha value is -3.46. The Morgan fingerprint density at radius 2 is 1.87 bits per heavy atom. The van der Waals surface area contributed by atoms with Gasteiger partial charge in [0.05, 0.1) is 38.1 Å². The molecule has 1 amide bonds. The molecule has 4 aromatic rings. The predicted molar refractivity (Wildman–Crippen MR) is 117 cm³/mol. The molecule has 2 N–H and O–H groups in total. The molecular weight excluding hydrogens is 404 g/mol. The summed E-state index contributed by atoms with van der Waals surface area (Å²) in [6.45, 7) is 0. The highest BCUT2D eigenvalue weighted by Gasteiger charge is 2.16. The van der Waals surface area contributed by atoms with Crippen molar-refractivity contribution in [1.29, 1.82) is 0 Å². The van der Waals surface area contributed by atoms with Crippen LogP contribution in [0.15, 0.2) is 47.8 Å². The molecule has 8 nitrogen and oxygen atoms in total. The van der Waals surface area contributed by atoms with Gasteiger partial charge < -0.3 is 24.5 Å². The second-order valence-corrected chi connectivity index (χ2v) is 7.31. The number of H-pyrrole nitrogens is 1. The number of thioether (sulfide) groups is 1. The Kier molecular flexibility index (Phi) is 5.62. The number of amides is 1. The average Bonchev–Trinajstić information content (AvgIpc) is 3.14. The Morgan fingerprint density at radius 1 is 1.07 bits per heavy atom. The molecule has 0 radical (unpaired) electrons.